The first-order chi connectivity index (χ1) is 11.6. The summed E-state index contributed by atoms with van der Waals surface area (Å²) in [5, 5.41) is 6.59. The van der Waals surface area contributed by atoms with E-state index in [1.165, 1.54) is 17.5 Å². The van der Waals surface area contributed by atoms with E-state index in [4.69, 9.17) is 4.74 Å². The van der Waals surface area contributed by atoms with E-state index in [9.17, 15) is 0 Å². The van der Waals surface area contributed by atoms with E-state index in [0.717, 1.165) is 28.8 Å². The normalized spacial score (nSPS) is 10.3. The molecule has 0 atom stereocenters. The van der Waals surface area contributed by atoms with Crippen molar-refractivity contribution in [3.63, 3.8) is 0 Å². The zero-order valence-corrected chi connectivity index (χ0v) is 14.0. The van der Waals surface area contributed by atoms with Crippen molar-refractivity contribution in [1.29, 1.82) is 0 Å². The summed E-state index contributed by atoms with van der Waals surface area (Å²) in [6, 6.07) is 15.8. The van der Waals surface area contributed by atoms with Crippen LogP contribution < -0.4 is 15.4 Å². The fourth-order valence-corrected chi connectivity index (χ4v) is 2.41. The third kappa shape index (κ3) is 3.81. The molecule has 0 bridgehead atoms. The molecule has 0 saturated carbocycles. The van der Waals surface area contributed by atoms with Crippen LogP contribution in [0.3, 0.4) is 0 Å². The number of hydrogen-bond acceptors (Lipinski definition) is 5. The average Bonchev–Trinajstić information content (AvgIpc) is 2.58. The van der Waals surface area contributed by atoms with Crippen molar-refractivity contribution >= 4 is 23.0 Å². The van der Waals surface area contributed by atoms with Gasteiger partial charge in [-0.15, -0.1) is 0 Å². The van der Waals surface area contributed by atoms with Gasteiger partial charge in [0.15, 0.2) is 0 Å². The van der Waals surface area contributed by atoms with Gasteiger partial charge in [-0.1, -0.05) is 17.7 Å². The van der Waals surface area contributed by atoms with E-state index < -0.39 is 0 Å². The SMILES string of the molecule is COc1ccc(Nc2cc(Nc3ccc(C)cc3C)ncn2)cc1. The summed E-state index contributed by atoms with van der Waals surface area (Å²) in [4.78, 5) is 8.55. The van der Waals surface area contributed by atoms with Crippen molar-refractivity contribution in [2.45, 2.75) is 13.8 Å². The number of rotatable bonds is 5. The molecule has 0 saturated heterocycles. The van der Waals surface area contributed by atoms with Crippen LogP contribution in [0.25, 0.3) is 0 Å². The van der Waals surface area contributed by atoms with Crippen molar-refractivity contribution in [1.82, 2.24) is 9.97 Å². The molecule has 0 fully saturated rings. The number of hydrogen-bond donors (Lipinski definition) is 2. The highest BCUT2D eigenvalue weighted by atomic mass is 16.5. The largest absolute Gasteiger partial charge is 0.497 e. The molecule has 1 aromatic heterocycles. The van der Waals surface area contributed by atoms with Crippen molar-refractivity contribution in [2.24, 2.45) is 0 Å². The standard InChI is InChI=1S/C19H20N4O/c1-13-4-9-17(14(2)10-13)23-19-11-18(20-12-21-19)22-15-5-7-16(24-3)8-6-15/h4-12H,1-3H3,(H2,20,21,22,23). The predicted molar refractivity (Wildman–Crippen MR) is 97.5 cm³/mol. The number of nitrogens with zero attached hydrogens (tertiary/aromatic N) is 2. The van der Waals surface area contributed by atoms with Gasteiger partial charge in [0.05, 0.1) is 7.11 Å². The topological polar surface area (TPSA) is 59.1 Å². The lowest BCUT2D eigenvalue weighted by molar-refractivity contribution is 0.415. The number of methoxy groups -OCH3 is 1. The molecule has 0 spiro atoms. The lowest BCUT2D eigenvalue weighted by atomic mass is 10.1. The lowest BCUT2D eigenvalue weighted by Gasteiger charge is -2.11. The summed E-state index contributed by atoms with van der Waals surface area (Å²) in [6.07, 6.45) is 1.54. The third-order valence-corrected chi connectivity index (χ3v) is 3.67. The van der Waals surface area contributed by atoms with E-state index in [1.54, 1.807) is 7.11 Å². The summed E-state index contributed by atoms with van der Waals surface area (Å²) in [5.41, 5.74) is 4.39. The summed E-state index contributed by atoms with van der Waals surface area (Å²) in [7, 11) is 1.65. The van der Waals surface area contributed by atoms with Crippen LogP contribution >= 0.6 is 0 Å². The number of nitrogens with one attached hydrogen (secondary N) is 2. The summed E-state index contributed by atoms with van der Waals surface area (Å²) in [5.74, 6) is 2.29. The van der Waals surface area contributed by atoms with Gasteiger partial charge in [-0.3, -0.25) is 0 Å². The number of aryl methyl sites for hydroxylation is 2. The Morgan fingerprint density at radius 2 is 1.54 bits per heavy atom. The van der Waals surface area contributed by atoms with Crippen molar-refractivity contribution < 1.29 is 4.74 Å². The molecule has 0 amide bonds. The second-order valence-corrected chi connectivity index (χ2v) is 5.59. The van der Waals surface area contributed by atoms with E-state index in [-0.39, 0.29) is 0 Å². The van der Waals surface area contributed by atoms with Crippen LogP contribution in [-0.4, -0.2) is 17.1 Å². The molecule has 122 valence electrons. The highest BCUT2D eigenvalue weighted by molar-refractivity contribution is 5.65. The molecule has 2 aromatic carbocycles. The Hall–Kier alpha value is -3.08. The first kappa shape index (κ1) is 15.8. The van der Waals surface area contributed by atoms with Gasteiger partial charge in [-0.25, -0.2) is 9.97 Å². The average molecular weight is 320 g/mol. The van der Waals surface area contributed by atoms with Gasteiger partial charge in [0.1, 0.15) is 23.7 Å². The summed E-state index contributed by atoms with van der Waals surface area (Å²) in [6.45, 7) is 4.16. The zero-order valence-electron chi connectivity index (χ0n) is 14.0. The molecular weight excluding hydrogens is 300 g/mol. The number of anilines is 4. The van der Waals surface area contributed by atoms with Crippen molar-refractivity contribution in [3.8, 4) is 5.75 Å². The van der Waals surface area contributed by atoms with Gasteiger partial charge in [0.25, 0.3) is 0 Å². The molecule has 5 heteroatoms. The van der Waals surface area contributed by atoms with Crippen LogP contribution in [0.4, 0.5) is 23.0 Å². The lowest BCUT2D eigenvalue weighted by Crippen LogP contribution is -1.99. The highest BCUT2D eigenvalue weighted by Gasteiger charge is 2.03. The quantitative estimate of drug-likeness (QED) is 0.720. The van der Waals surface area contributed by atoms with Crippen LogP contribution in [0, 0.1) is 13.8 Å². The first-order valence-corrected chi connectivity index (χ1v) is 7.71. The molecule has 2 N–H and O–H groups in total. The maximum atomic E-state index is 5.16. The fourth-order valence-electron chi connectivity index (χ4n) is 2.41. The molecule has 0 aliphatic rings. The second-order valence-electron chi connectivity index (χ2n) is 5.59. The summed E-state index contributed by atoms with van der Waals surface area (Å²) < 4.78 is 5.16. The van der Waals surface area contributed by atoms with Gasteiger partial charge in [-0.05, 0) is 49.7 Å². The number of aromatic nitrogens is 2. The van der Waals surface area contributed by atoms with Gasteiger partial charge < -0.3 is 15.4 Å². The number of ether oxygens (including phenoxy) is 1. The van der Waals surface area contributed by atoms with Crippen LogP contribution in [-0.2, 0) is 0 Å². The van der Waals surface area contributed by atoms with Crippen LogP contribution in [0.15, 0.2) is 54.9 Å². The molecule has 0 aliphatic heterocycles. The maximum absolute atomic E-state index is 5.16. The fraction of sp³-hybridized carbons (Fsp3) is 0.158. The van der Waals surface area contributed by atoms with Gasteiger partial charge in [-0.2, -0.15) is 0 Å². The Balaban J connectivity index is 1.75. The Morgan fingerprint density at radius 3 is 2.21 bits per heavy atom. The molecule has 0 radical (unpaired) electrons. The highest BCUT2D eigenvalue weighted by Crippen LogP contribution is 2.23. The van der Waals surface area contributed by atoms with Gasteiger partial charge >= 0.3 is 0 Å². The van der Waals surface area contributed by atoms with Crippen molar-refractivity contribution in [2.75, 3.05) is 17.7 Å². The van der Waals surface area contributed by atoms with Crippen LogP contribution in [0.2, 0.25) is 0 Å². The molecular formula is C19H20N4O. The zero-order chi connectivity index (χ0) is 16.9. The monoisotopic (exact) mass is 320 g/mol. The number of benzene rings is 2. The Labute approximate surface area is 141 Å². The van der Waals surface area contributed by atoms with Crippen LogP contribution in [0.1, 0.15) is 11.1 Å². The van der Waals surface area contributed by atoms with Crippen molar-refractivity contribution in [3.05, 3.63) is 66.0 Å². The molecule has 5 nitrogen and oxygen atoms in total. The Bertz CT molecular complexity index is 831. The molecule has 3 aromatic rings. The second kappa shape index (κ2) is 7.00. The maximum Gasteiger partial charge on any atom is 0.135 e. The van der Waals surface area contributed by atoms with Gasteiger partial charge in [0, 0.05) is 17.4 Å². The minimum atomic E-state index is 0.724. The summed E-state index contributed by atoms with van der Waals surface area (Å²) >= 11 is 0. The van der Waals surface area contributed by atoms with E-state index >= 15 is 0 Å². The molecule has 1 heterocycles. The van der Waals surface area contributed by atoms with E-state index in [0.29, 0.717) is 0 Å². The molecule has 0 unspecified atom stereocenters. The smallest absolute Gasteiger partial charge is 0.135 e. The van der Waals surface area contributed by atoms with Crippen LogP contribution in [0.5, 0.6) is 5.75 Å². The predicted octanol–water partition coefficient (Wildman–Crippen LogP) is 4.59. The minimum absolute atomic E-state index is 0.724. The van der Waals surface area contributed by atoms with E-state index in [1.807, 2.05) is 30.3 Å². The third-order valence-electron chi connectivity index (χ3n) is 3.67. The Kier molecular flexibility index (Phi) is 4.61. The van der Waals surface area contributed by atoms with Gasteiger partial charge in [0.2, 0.25) is 0 Å². The molecule has 24 heavy (non-hydrogen) atoms. The minimum Gasteiger partial charge on any atom is -0.497 e. The molecule has 0 aliphatic carbocycles. The first-order valence-electron chi connectivity index (χ1n) is 7.71. The van der Waals surface area contributed by atoms with E-state index in [2.05, 4.69) is 52.6 Å². The molecule has 3 rings (SSSR count). The Morgan fingerprint density at radius 1 is 0.833 bits per heavy atom.